The molecule has 0 aliphatic carbocycles. The molecule has 0 fully saturated rings. The smallest absolute Gasteiger partial charge is 0.231 e. The van der Waals surface area contributed by atoms with E-state index in [0.29, 0.717) is 13.0 Å². The maximum atomic E-state index is 11.6. The fourth-order valence-corrected chi connectivity index (χ4v) is 2.22. The topological polar surface area (TPSA) is 66.6 Å². The van der Waals surface area contributed by atoms with Crippen LogP contribution in [0, 0.1) is 5.41 Å². The second kappa shape index (κ2) is 4.37. The van der Waals surface area contributed by atoms with Crippen LogP contribution in [0.4, 0.5) is 5.69 Å². The van der Waals surface area contributed by atoms with Crippen LogP contribution >= 0.6 is 0 Å². The van der Waals surface area contributed by atoms with Crippen LogP contribution in [0.25, 0.3) is 0 Å². The van der Waals surface area contributed by atoms with Crippen LogP contribution in [0.2, 0.25) is 0 Å². The lowest BCUT2D eigenvalue weighted by Crippen LogP contribution is -2.30. The van der Waals surface area contributed by atoms with Crippen molar-refractivity contribution in [2.45, 2.75) is 26.4 Å². The molecule has 0 spiro atoms. The van der Waals surface area contributed by atoms with Gasteiger partial charge in [-0.05, 0) is 17.2 Å². The predicted octanol–water partition coefficient (Wildman–Crippen LogP) is 1.22. The van der Waals surface area contributed by atoms with Crippen molar-refractivity contribution in [3.05, 3.63) is 29.3 Å². The standard InChI is InChI=1S/C14H20N2O2/c1-14(2,8-15)13(18)9-4-5-11-10(6-9)7-12(17)16(11)3/h4-6,13,18H,7-8,15H2,1-3H3. The monoisotopic (exact) mass is 248 g/mol. The third kappa shape index (κ3) is 2.02. The van der Waals surface area contributed by atoms with Gasteiger partial charge in [-0.2, -0.15) is 0 Å². The van der Waals surface area contributed by atoms with Crippen LogP contribution in [0.1, 0.15) is 31.1 Å². The molecule has 0 saturated carbocycles. The molecule has 3 N–H and O–H groups in total. The number of fused-ring (bicyclic) bond motifs is 1. The first-order valence-corrected chi connectivity index (χ1v) is 6.14. The zero-order valence-electron chi connectivity index (χ0n) is 11.1. The van der Waals surface area contributed by atoms with Crippen LogP contribution in [-0.4, -0.2) is 24.6 Å². The van der Waals surface area contributed by atoms with Crippen LogP contribution < -0.4 is 10.6 Å². The van der Waals surface area contributed by atoms with Gasteiger partial charge in [-0.25, -0.2) is 0 Å². The Kier molecular flexibility index (Phi) is 3.17. The van der Waals surface area contributed by atoms with Crippen LogP contribution in [0.3, 0.4) is 0 Å². The molecule has 1 amide bonds. The van der Waals surface area contributed by atoms with Crippen molar-refractivity contribution in [3.8, 4) is 0 Å². The Morgan fingerprint density at radius 3 is 2.78 bits per heavy atom. The minimum atomic E-state index is -0.617. The van der Waals surface area contributed by atoms with E-state index >= 15 is 0 Å². The van der Waals surface area contributed by atoms with E-state index in [1.54, 1.807) is 11.9 Å². The van der Waals surface area contributed by atoms with Crippen molar-refractivity contribution in [1.82, 2.24) is 0 Å². The normalized spacial score (nSPS) is 16.9. The van der Waals surface area contributed by atoms with Crippen molar-refractivity contribution in [2.75, 3.05) is 18.5 Å². The molecule has 1 aromatic rings. The first-order chi connectivity index (χ1) is 8.36. The number of amides is 1. The molecule has 4 nitrogen and oxygen atoms in total. The minimum absolute atomic E-state index is 0.0923. The van der Waals surface area contributed by atoms with E-state index in [2.05, 4.69) is 0 Å². The summed E-state index contributed by atoms with van der Waals surface area (Å²) >= 11 is 0. The molecule has 1 unspecified atom stereocenters. The lowest BCUT2D eigenvalue weighted by atomic mass is 9.82. The summed E-state index contributed by atoms with van der Waals surface area (Å²) in [5.41, 5.74) is 8.04. The lowest BCUT2D eigenvalue weighted by Gasteiger charge is -2.29. The molecular weight excluding hydrogens is 228 g/mol. The number of anilines is 1. The maximum absolute atomic E-state index is 11.6. The van der Waals surface area contributed by atoms with E-state index in [9.17, 15) is 9.90 Å². The largest absolute Gasteiger partial charge is 0.388 e. The highest BCUT2D eigenvalue weighted by atomic mass is 16.3. The summed E-state index contributed by atoms with van der Waals surface area (Å²) in [5.74, 6) is 0.0923. The molecule has 0 radical (unpaired) electrons. The van der Waals surface area contributed by atoms with Crippen LogP contribution in [-0.2, 0) is 11.2 Å². The van der Waals surface area contributed by atoms with Gasteiger partial charge >= 0.3 is 0 Å². The predicted molar refractivity (Wildman–Crippen MR) is 71.4 cm³/mol. The van der Waals surface area contributed by atoms with E-state index in [1.165, 1.54) is 0 Å². The van der Waals surface area contributed by atoms with Crippen molar-refractivity contribution in [1.29, 1.82) is 0 Å². The summed E-state index contributed by atoms with van der Waals surface area (Å²) in [4.78, 5) is 13.3. The molecule has 18 heavy (non-hydrogen) atoms. The van der Waals surface area contributed by atoms with Crippen LogP contribution in [0.15, 0.2) is 18.2 Å². The molecule has 0 bridgehead atoms. The molecule has 1 aliphatic rings. The Labute approximate surface area is 107 Å². The van der Waals surface area contributed by atoms with Gasteiger partial charge in [-0.3, -0.25) is 4.79 Å². The molecule has 2 rings (SSSR count). The first kappa shape index (κ1) is 13.1. The van der Waals surface area contributed by atoms with Crippen molar-refractivity contribution < 1.29 is 9.90 Å². The number of carbonyl (C=O) groups excluding carboxylic acids is 1. The van der Waals surface area contributed by atoms with Gasteiger partial charge in [-0.1, -0.05) is 26.0 Å². The van der Waals surface area contributed by atoms with Crippen molar-refractivity contribution in [2.24, 2.45) is 11.1 Å². The Balaban J connectivity index is 2.34. The van der Waals surface area contributed by atoms with Crippen molar-refractivity contribution in [3.63, 3.8) is 0 Å². The molecule has 1 atom stereocenters. The van der Waals surface area contributed by atoms with E-state index in [0.717, 1.165) is 16.8 Å². The van der Waals surface area contributed by atoms with Gasteiger partial charge in [0.2, 0.25) is 5.91 Å². The molecule has 0 saturated heterocycles. The summed E-state index contributed by atoms with van der Waals surface area (Å²) < 4.78 is 0. The zero-order chi connectivity index (χ0) is 13.5. The fraction of sp³-hybridized carbons (Fsp3) is 0.500. The van der Waals surface area contributed by atoms with Crippen LogP contribution in [0.5, 0.6) is 0 Å². The number of hydrogen-bond acceptors (Lipinski definition) is 3. The second-order valence-electron chi connectivity index (χ2n) is 5.61. The summed E-state index contributed by atoms with van der Waals surface area (Å²) in [6, 6.07) is 5.68. The third-order valence-corrected chi connectivity index (χ3v) is 3.76. The van der Waals surface area contributed by atoms with Gasteiger partial charge < -0.3 is 15.7 Å². The highest BCUT2D eigenvalue weighted by Gasteiger charge is 2.30. The number of nitrogens with zero attached hydrogens (tertiary/aromatic N) is 1. The quantitative estimate of drug-likeness (QED) is 0.845. The molecule has 0 aromatic heterocycles. The highest BCUT2D eigenvalue weighted by Crippen LogP contribution is 2.36. The zero-order valence-corrected chi connectivity index (χ0v) is 11.1. The summed E-state index contributed by atoms with van der Waals surface area (Å²) in [6.07, 6.45) is -0.205. The van der Waals surface area contributed by atoms with Gasteiger partial charge in [0, 0.05) is 24.7 Å². The number of nitrogens with two attached hydrogens (primary N) is 1. The minimum Gasteiger partial charge on any atom is -0.388 e. The second-order valence-corrected chi connectivity index (χ2v) is 5.61. The molecule has 4 heteroatoms. The SMILES string of the molecule is CN1C(=O)Cc2cc(C(O)C(C)(C)CN)ccc21. The number of aliphatic hydroxyl groups excluding tert-OH is 1. The Bertz CT molecular complexity index is 483. The molecule has 1 heterocycles. The summed E-state index contributed by atoms with van der Waals surface area (Å²) in [5, 5.41) is 10.3. The van der Waals surface area contributed by atoms with E-state index in [-0.39, 0.29) is 11.3 Å². The van der Waals surface area contributed by atoms with Gasteiger partial charge in [-0.15, -0.1) is 0 Å². The van der Waals surface area contributed by atoms with E-state index < -0.39 is 6.10 Å². The first-order valence-electron chi connectivity index (χ1n) is 6.14. The highest BCUT2D eigenvalue weighted by molar-refractivity contribution is 6.00. The molecule has 98 valence electrons. The van der Waals surface area contributed by atoms with Gasteiger partial charge in [0.15, 0.2) is 0 Å². The average Bonchev–Trinajstić information content (AvgIpc) is 2.63. The summed E-state index contributed by atoms with van der Waals surface area (Å²) in [6.45, 7) is 4.27. The number of benzene rings is 1. The molecule has 1 aromatic carbocycles. The van der Waals surface area contributed by atoms with Crippen molar-refractivity contribution >= 4 is 11.6 Å². The number of rotatable bonds is 3. The lowest BCUT2D eigenvalue weighted by molar-refractivity contribution is -0.117. The van der Waals surface area contributed by atoms with E-state index in [1.807, 2.05) is 32.0 Å². The number of hydrogen-bond donors (Lipinski definition) is 2. The third-order valence-electron chi connectivity index (χ3n) is 3.76. The molecular formula is C14H20N2O2. The number of carbonyl (C=O) groups is 1. The van der Waals surface area contributed by atoms with E-state index in [4.69, 9.17) is 5.73 Å². The van der Waals surface area contributed by atoms with Gasteiger partial charge in [0.05, 0.1) is 12.5 Å². The van der Waals surface area contributed by atoms with Gasteiger partial charge in [0.1, 0.15) is 0 Å². The Morgan fingerprint density at radius 2 is 2.17 bits per heavy atom. The molecule has 1 aliphatic heterocycles. The summed E-state index contributed by atoms with van der Waals surface area (Å²) in [7, 11) is 1.77. The maximum Gasteiger partial charge on any atom is 0.231 e. The Morgan fingerprint density at radius 1 is 1.50 bits per heavy atom. The van der Waals surface area contributed by atoms with Gasteiger partial charge in [0.25, 0.3) is 0 Å². The number of aliphatic hydroxyl groups is 1. The Hall–Kier alpha value is -1.39. The average molecular weight is 248 g/mol. The number of likely N-dealkylation sites (N-methyl/N-ethyl adjacent to an activating group) is 1. The fourth-order valence-electron chi connectivity index (χ4n) is 2.22.